The molecule has 1 saturated heterocycles. The number of hydrogen-bond acceptors (Lipinski definition) is 2. The van der Waals surface area contributed by atoms with Crippen LogP contribution in [-0.4, -0.2) is 47.3 Å². The predicted molar refractivity (Wildman–Crippen MR) is 69.8 cm³/mol. The van der Waals surface area contributed by atoms with Crippen LogP contribution in [0.25, 0.3) is 0 Å². The largest absolute Gasteiger partial charge is 0.480 e. The summed E-state index contributed by atoms with van der Waals surface area (Å²) in [6.45, 7) is 3.72. The van der Waals surface area contributed by atoms with Gasteiger partial charge < -0.3 is 15.3 Å². The Balaban J connectivity index is 2.57. The van der Waals surface area contributed by atoms with Gasteiger partial charge in [-0.15, -0.1) is 0 Å². The van der Waals surface area contributed by atoms with E-state index < -0.39 is 36.1 Å². The number of aliphatic carboxylic acids is 1. The lowest BCUT2D eigenvalue weighted by molar-refractivity contribution is -0.148. The fourth-order valence-electron chi connectivity index (χ4n) is 2.66. The first-order valence-corrected chi connectivity index (χ1v) is 6.88. The Morgan fingerprint density at radius 1 is 1.38 bits per heavy atom. The molecule has 1 fully saturated rings. The molecule has 1 unspecified atom stereocenters. The highest BCUT2D eigenvalue weighted by atomic mass is 19.4. The van der Waals surface area contributed by atoms with Gasteiger partial charge in [0, 0.05) is 19.5 Å². The molecule has 0 saturated carbocycles. The summed E-state index contributed by atoms with van der Waals surface area (Å²) in [5.41, 5.74) is -0.562. The third-order valence-corrected chi connectivity index (χ3v) is 3.68. The van der Waals surface area contributed by atoms with Crippen molar-refractivity contribution in [1.29, 1.82) is 0 Å². The molecular formula is C13H21F3N2O3. The molecule has 2 amide bonds. The fourth-order valence-corrected chi connectivity index (χ4v) is 2.66. The molecule has 21 heavy (non-hydrogen) atoms. The highest BCUT2D eigenvalue weighted by Crippen LogP contribution is 2.35. The number of carboxylic acid groups (broad SMARTS) is 1. The van der Waals surface area contributed by atoms with E-state index in [9.17, 15) is 27.9 Å². The van der Waals surface area contributed by atoms with Crippen LogP contribution in [0.3, 0.4) is 0 Å². The van der Waals surface area contributed by atoms with Crippen LogP contribution in [0.5, 0.6) is 0 Å². The zero-order chi connectivity index (χ0) is 16.3. The molecule has 0 aromatic rings. The van der Waals surface area contributed by atoms with E-state index in [0.29, 0.717) is 19.4 Å². The van der Waals surface area contributed by atoms with Crippen molar-refractivity contribution in [2.45, 2.75) is 51.7 Å². The second-order valence-electron chi connectivity index (χ2n) is 5.98. The lowest BCUT2D eigenvalue weighted by Gasteiger charge is -2.43. The molecule has 2 N–H and O–H groups in total. The van der Waals surface area contributed by atoms with Crippen LogP contribution in [0.1, 0.15) is 39.5 Å². The van der Waals surface area contributed by atoms with Crippen LogP contribution < -0.4 is 5.32 Å². The van der Waals surface area contributed by atoms with E-state index in [4.69, 9.17) is 0 Å². The summed E-state index contributed by atoms with van der Waals surface area (Å²) in [5, 5.41) is 11.7. The maximum Gasteiger partial charge on any atom is 0.389 e. The van der Waals surface area contributed by atoms with Crippen molar-refractivity contribution >= 4 is 12.0 Å². The zero-order valence-corrected chi connectivity index (χ0v) is 12.2. The Labute approximate surface area is 121 Å². The number of likely N-dealkylation sites (tertiary alicyclic amines) is 1. The van der Waals surface area contributed by atoms with E-state index in [1.54, 1.807) is 13.8 Å². The fraction of sp³-hybridized carbons (Fsp3) is 0.846. The smallest absolute Gasteiger partial charge is 0.389 e. The minimum absolute atomic E-state index is 0.123. The van der Waals surface area contributed by atoms with Gasteiger partial charge in [0.1, 0.15) is 6.04 Å². The number of nitrogens with zero attached hydrogens (tertiary/aromatic N) is 1. The van der Waals surface area contributed by atoms with Crippen molar-refractivity contribution in [3.8, 4) is 0 Å². The van der Waals surface area contributed by atoms with Crippen molar-refractivity contribution in [1.82, 2.24) is 10.2 Å². The molecule has 0 aromatic carbocycles. The molecule has 1 rings (SSSR count). The molecular weight excluding hydrogens is 289 g/mol. The van der Waals surface area contributed by atoms with Crippen LogP contribution >= 0.6 is 0 Å². The number of urea groups is 1. The number of alkyl halides is 3. The quantitative estimate of drug-likeness (QED) is 0.784. The van der Waals surface area contributed by atoms with Gasteiger partial charge in [-0.2, -0.15) is 13.2 Å². The summed E-state index contributed by atoms with van der Waals surface area (Å²) >= 11 is 0. The van der Waals surface area contributed by atoms with E-state index in [1.165, 1.54) is 4.90 Å². The summed E-state index contributed by atoms with van der Waals surface area (Å²) in [6, 6.07) is -1.58. The van der Waals surface area contributed by atoms with Gasteiger partial charge >= 0.3 is 18.2 Å². The van der Waals surface area contributed by atoms with E-state index >= 15 is 0 Å². The van der Waals surface area contributed by atoms with Crippen molar-refractivity contribution in [2.75, 3.05) is 13.1 Å². The van der Waals surface area contributed by atoms with E-state index in [1.807, 2.05) is 0 Å². The predicted octanol–water partition coefficient (Wildman–Crippen LogP) is 2.61. The summed E-state index contributed by atoms with van der Waals surface area (Å²) < 4.78 is 36.0. The second kappa shape index (κ2) is 6.53. The molecule has 8 heteroatoms. The Bertz CT molecular complexity index is 397. The number of carbonyl (C=O) groups excluding carboxylic acids is 1. The highest BCUT2D eigenvalue weighted by molar-refractivity contribution is 5.83. The molecule has 0 radical (unpaired) electrons. The first-order chi connectivity index (χ1) is 9.54. The summed E-state index contributed by atoms with van der Waals surface area (Å²) in [4.78, 5) is 24.6. The van der Waals surface area contributed by atoms with Crippen molar-refractivity contribution in [2.24, 2.45) is 5.41 Å². The number of halogens is 3. The normalized spacial score (nSPS) is 22.0. The van der Waals surface area contributed by atoms with E-state index in [2.05, 4.69) is 5.32 Å². The summed E-state index contributed by atoms with van der Waals surface area (Å²) in [5.74, 6) is -1.09. The summed E-state index contributed by atoms with van der Waals surface area (Å²) in [7, 11) is 0. The average molecular weight is 310 g/mol. The monoisotopic (exact) mass is 310 g/mol. The molecule has 5 nitrogen and oxygen atoms in total. The van der Waals surface area contributed by atoms with Gasteiger partial charge in [0.15, 0.2) is 0 Å². The van der Waals surface area contributed by atoms with Gasteiger partial charge in [-0.1, -0.05) is 13.8 Å². The maximum absolute atomic E-state index is 12.0. The van der Waals surface area contributed by atoms with Gasteiger partial charge in [-0.25, -0.2) is 9.59 Å². The van der Waals surface area contributed by atoms with Crippen LogP contribution in [0.2, 0.25) is 0 Å². The first kappa shape index (κ1) is 17.6. The number of carboxylic acids is 1. The Morgan fingerprint density at radius 3 is 2.52 bits per heavy atom. The molecule has 1 aliphatic heterocycles. The number of rotatable bonds is 4. The molecule has 1 atom stereocenters. The van der Waals surface area contributed by atoms with Gasteiger partial charge in [0.05, 0.1) is 0 Å². The Kier molecular flexibility index (Phi) is 5.47. The lowest BCUT2D eigenvalue weighted by Crippen LogP contribution is -2.58. The molecule has 0 aliphatic carbocycles. The number of hydrogen-bond donors (Lipinski definition) is 2. The SMILES string of the molecule is CC1(C)CCCN(C(=O)NCCCC(F)(F)F)C1C(=O)O. The van der Waals surface area contributed by atoms with Gasteiger partial charge in [0.2, 0.25) is 0 Å². The van der Waals surface area contributed by atoms with Crippen LogP contribution in [0, 0.1) is 5.41 Å². The van der Waals surface area contributed by atoms with Crippen LogP contribution in [0.4, 0.5) is 18.0 Å². The van der Waals surface area contributed by atoms with Gasteiger partial charge in [0.25, 0.3) is 0 Å². The zero-order valence-electron chi connectivity index (χ0n) is 12.2. The Hall–Kier alpha value is -1.47. The summed E-state index contributed by atoms with van der Waals surface area (Å²) in [6.07, 6.45) is -4.08. The van der Waals surface area contributed by atoms with E-state index in [0.717, 1.165) is 0 Å². The number of piperidine rings is 1. The minimum atomic E-state index is -4.25. The average Bonchev–Trinajstić information content (AvgIpc) is 2.31. The number of carbonyl (C=O) groups is 2. The number of nitrogens with one attached hydrogen (secondary N) is 1. The van der Waals surface area contributed by atoms with Crippen molar-refractivity contribution < 1.29 is 27.9 Å². The third-order valence-electron chi connectivity index (χ3n) is 3.68. The first-order valence-electron chi connectivity index (χ1n) is 6.88. The van der Waals surface area contributed by atoms with Gasteiger partial charge in [-0.05, 0) is 24.7 Å². The lowest BCUT2D eigenvalue weighted by atomic mass is 9.76. The second-order valence-corrected chi connectivity index (χ2v) is 5.98. The molecule has 122 valence electrons. The molecule has 1 heterocycles. The maximum atomic E-state index is 12.0. The Morgan fingerprint density at radius 2 is 2.00 bits per heavy atom. The van der Waals surface area contributed by atoms with Crippen LogP contribution in [-0.2, 0) is 4.79 Å². The van der Waals surface area contributed by atoms with Crippen LogP contribution in [0.15, 0.2) is 0 Å². The highest BCUT2D eigenvalue weighted by Gasteiger charge is 2.44. The van der Waals surface area contributed by atoms with Crippen molar-refractivity contribution in [3.63, 3.8) is 0 Å². The number of amides is 2. The standard InChI is InChI=1S/C13H21F3N2O3/c1-12(2)5-4-8-18(9(12)10(19)20)11(21)17-7-3-6-13(14,15)16/h9H,3-8H2,1-2H3,(H,17,21)(H,19,20). The molecule has 0 aromatic heterocycles. The van der Waals surface area contributed by atoms with Gasteiger partial charge in [-0.3, -0.25) is 0 Å². The molecule has 0 spiro atoms. The minimum Gasteiger partial charge on any atom is -0.480 e. The molecule has 1 aliphatic rings. The topological polar surface area (TPSA) is 69.6 Å². The molecule has 0 bridgehead atoms. The van der Waals surface area contributed by atoms with E-state index in [-0.39, 0.29) is 13.0 Å². The third kappa shape index (κ3) is 5.09. The van der Waals surface area contributed by atoms with Crippen molar-refractivity contribution in [3.05, 3.63) is 0 Å².